The molecule has 3 nitrogen and oxygen atoms in total. The molecule has 0 aromatic heterocycles. The summed E-state index contributed by atoms with van der Waals surface area (Å²) < 4.78 is 0. The van der Waals surface area contributed by atoms with Crippen molar-refractivity contribution >= 4 is 5.78 Å². The Labute approximate surface area is 112 Å². The van der Waals surface area contributed by atoms with Crippen molar-refractivity contribution in [2.45, 2.75) is 18.9 Å². The first-order valence-electron chi connectivity index (χ1n) is 6.25. The van der Waals surface area contributed by atoms with E-state index in [1.807, 2.05) is 36.4 Å². The van der Waals surface area contributed by atoms with Gasteiger partial charge in [-0.2, -0.15) is 0 Å². The van der Waals surface area contributed by atoms with Crippen LogP contribution in [0.3, 0.4) is 0 Å². The smallest absolute Gasteiger partial charge is 0.154 e. The normalized spacial score (nSPS) is 12.1. The van der Waals surface area contributed by atoms with Crippen LogP contribution in [0, 0.1) is 0 Å². The summed E-state index contributed by atoms with van der Waals surface area (Å²) >= 11 is 0. The third-order valence-electron chi connectivity index (χ3n) is 3.00. The third-order valence-corrected chi connectivity index (χ3v) is 3.00. The van der Waals surface area contributed by atoms with Gasteiger partial charge in [-0.05, 0) is 29.7 Å². The minimum Gasteiger partial charge on any atom is -0.508 e. The maximum absolute atomic E-state index is 12.0. The molecule has 0 amide bonds. The summed E-state index contributed by atoms with van der Waals surface area (Å²) in [4.78, 5) is 12.0. The Morgan fingerprint density at radius 1 is 1.05 bits per heavy atom. The maximum atomic E-state index is 12.0. The summed E-state index contributed by atoms with van der Waals surface area (Å²) in [5.41, 5.74) is 7.76. The van der Waals surface area contributed by atoms with Crippen molar-refractivity contribution in [3.63, 3.8) is 0 Å². The molecule has 2 aromatic carbocycles. The van der Waals surface area contributed by atoms with Crippen LogP contribution in [-0.4, -0.2) is 16.9 Å². The summed E-state index contributed by atoms with van der Waals surface area (Å²) in [6, 6.07) is 15.9. The molecule has 1 unspecified atom stereocenters. The molecule has 3 heteroatoms. The van der Waals surface area contributed by atoms with Gasteiger partial charge in [0.25, 0.3) is 0 Å². The van der Waals surface area contributed by atoms with Gasteiger partial charge >= 0.3 is 0 Å². The second kappa shape index (κ2) is 6.16. The predicted octanol–water partition coefficient (Wildman–Crippen LogP) is 2.07. The Balaban J connectivity index is 1.96. The van der Waals surface area contributed by atoms with E-state index in [1.54, 1.807) is 18.2 Å². The van der Waals surface area contributed by atoms with Crippen LogP contribution in [0.1, 0.15) is 11.1 Å². The number of aromatic hydroxyl groups is 1. The molecule has 0 saturated heterocycles. The standard InChI is InChI=1S/C16H17NO2/c17-15(10-12-5-2-1-3-6-12)16(19)11-13-7-4-8-14(18)9-13/h1-9,15,18H,10-11,17H2. The van der Waals surface area contributed by atoms with E-state index in [2.05, 4.69) is 0 Å². The van der Waals surface area contributed by atoms with Crippen molar-refractivity contribution in [1.82, 2.24) is 0 Å². The number of hydrogen-bond acceptors (Lipinski definition) is 3. The monoisotopic (exact) mass is 255 g/mol. The summed E-state index contributed by atoms with van der Waals surface area (Å²) in [5.74, 6) is 0.149. The van der Waals surface area contributed by atoms with Crippen molar-refractivity contribution in [3.05, 3.63) is 65.7 Å². The quantitative estimate of drug-likeness (QED) is 0.859. The minimum absolute atomic E-state index is 0.0190. The Kier molecular flexibility index (Phi) is 4.31. The molecule has 19 heavy (non-hydrogen) atoms. The third kappa shape index (κ3) is 3.93. The van der Waals surface area contributed by atoms with Gasteiger partial charge in [0.15, 0.2) is 5.78 Å². The molecule has 0 aliphatic heterocycles. The maximum Gasteiger partial charge on any atom is 0.154 e. The zero-order chi connectivity index (χ0) is 13.7. The molecule has 0 saturated carbocycles. The van der Waals surface area contributed by atoms with Crippen LogP contribution in [0.2, 0.25) is 0 Å². The van der Waals surface area contributed by atoms with E-state index in [0.717, 1.165) is 11.1 Å². The number of ketones is 1. The van der Waals surface area contributed by atoms with Gasteiger partial charge in [0.05, 0.1) is 6.04 Å². The highest BCUT2D eigenvalue weighted by Crippen LogP contribution is 2.12. The number of phenolic OH excluding ortho intramolecular Hbond substituents is 1. The molecule has 0 bridgehead atoms. The van der Waals surface area contributed by atoms with Crippen molar-refractivity contribution in [1.29, 1.82) is 0 Å². The number of carbonyl (C=O) groups is 1. The van der Waals surface area contributed by atoms with Crippen LogP contribution in [-0.2, 0) is 17.6 Å². The Morgan fingerprint density at radius 3 is 2.42 bits per heavy atom. The van der Waals surface area contributed by atoms with Gasteiger partial charge in [-0.25, -0.2) is 0 Å². The molecule has 2 aromatic rings. The highest BCUT2D eigenvalue weighted by atomic mass is 16.3. The van der Waals surface area contributed by atoms with Crippen molar-refractivity contribution in [2.24, 2.45) is 5.73 Å². The van der Waals surface area contributed by atoms with Crippen LogP contribution in [0.15, 0.2) is 54.6 Å². The Hall–Kier alpha value is -2.13. The van der Waals surface area contributed by atoms with E-state index < -0.39 is 6.04 Å². The van der Waals surface area contributed by atoms with E-state index in [-0.39, 0.29) is 18.0 Å². The summed E-state index contributed by atoms with van der Waals surface area (Å²) in [5, 5.41) is 9.36. The molecule has 0 aliphatic rings. The number of nitrogens with two attached hydrogens (primary N) is 1. The van der Waals surface area contributed by atoms with Crippen molar-refractivity contribution in [2.75, 3.05) is 0 Å². The number of hydrogen-bond donors (Lipinski definition) is 2. The molecular weight excluding hydrogens is 238 g/mol. The molecule has 98 valence electrons. The number of phenols is 1. The summed E-state index contributed by atoms with van der Waals surface area (Å²) in [6.45, 7) is 0. The lowest BCUT2D eigenvalue weighted by Gasteiger charge is -2.10. The zero-order valence-corrected chi connectivity index (χ0v) is 10.6. The fourth-order valence-electron chi connectivity index (χ4n) is 1.98. The van der Waals surface area contributed by atoms with E-state index in [9.17, 15) is 9.90 Å². The highest BCUT2D eigenvalue weighted by molar-refractivity contribution is 5.86. The van der Waals surface area contributed by atoms with E-state index in [0.29, 0.717) is 6.42 Å². The lowest BCUT2D eigenvalue weighted by Crippen LogP contribution is -2.33. The second-order valence-electron chi connectivity index (χ2n) is 4.61. The average Bonchev–Trinajstić information content (AvgIpc) is 2.40. The fraction of sp³-hybridized carbons (Fsp3) is 0.188. The van der Waals surface area contributed by atoms with E-state index in [4.69, 9.17) is 5.73 Å². The van der Waals surface area contributed by atoms with Gasteiger partial charge in [-0.3, -0.25) is 4.79 Å². The first-order valence-corrected chi connectivity index (χ1v) is 6.25. The lowest BCUT2D eigenvalue weighted by molar-refractivity contribution is -0.119. The SMILES string of the molecule is NC(Cc1ccccc1)C(=O)Cc1cccc(O)c1. The molecule has 0 radical (unpaired) electrons. The van der Waals surface area contributed by atoms with Crippen molar-refractivity contribution < 1.29 is 9.90 Å². The summed E-state index contributed by atoms with van der Waals surface area (Å²) in [6.07, 6.45) is 0.793. The number of benzene rings is 2. The van der Waals surface area contributed by atoms with Gasteiger partial charge in [0.2, 0.25) is 0 Å². The average molecular weight is 255 g/mol. The highest BCUT2D eigenvalue weighted by Gasteiger charge is 2.14. The number of carbonyl (C=O) groups excluding carboxylic acids is 1. The number of rotatable bonds is 5. The molecule has 3 N–H and O–H groups in total. The first kappa shape index (κ1) is 13.3. The molecule has 0 heterocycles. The van der Waals surface area contributed by atoms with E-state index in [1.165, 1.54) is 0 Å². The number of Topliss-reactive ketones (excluding diaryl/α,β-unsaturated/α-hetero) is 1. The Morgan fingerprint density at radius 2 is 1.74 bits per heavy atom. The van der Waals surface area contributed by atoms with Crippen LogP contribution >= 0.6 is 0 Å². The second-order valence-corrected chi connectivity index (χ2v) is 4.61. The van der Waals surface area contributed by atoms with Gasteiger partial charge in [-0.1, -0.05) is 42.5 Å². The zero-order valence-electron chi connectivity index (χ0n) is 10.6. The van der Waals surface area contributed by atoms with Crippen LogP contribution in [0.25, 0.3) is 0 Å². The van der Waals surface area contributed by atoms with Crippen LogP contribution < -0.4 is 5.73 Å². The van der Waals surface area contributed by atoms with Gasteiger partial charge in [-0.15, -0.1) is 0 Å². The van der Waals surface area contributed by atoms with Crippen LogP contribution in [0.5, 0.6) is 5.75 Å². The van der Waals surface area contributed by atoms with Gasteiger partial charge in [0.1, 0.15) is 5.75 Å². The Bertz CT molecular complexity index is 552. The minimum atomic E-state index is -0.509. The topological polar surface area (TPSA) is 63.3 Å². The lowest BCUT2D eigenvalue weighted by atomic mass is 9.98. The molecule has 0 spiro atoms. The predicted molar refractivity (Wildman–Crippen MR) is 74.9 cm³/mol. The molecular formula is C16H17NO2. The first-order chi connectivity index (χ1) is 9.15. The van der Waals surface area contributed by atoms with E-state index >= 15 is 0 Å². The largest absolute Gasteiger partial charge is 0.508 e. The fourth-order valence-corrected chi connectivity index (χ4v) is 1.98. The van der Waals surface area contributed by atoms with Crippen molar-refractivity contribution in [3.8, 4) is 5.75 Å². The molecule has 0 fully saturated rings. The van der Waals surface area contributed by atoms with Gasteiger partial charge < -0.3 is 10.8 Å². The molecule has 1 atom stereocenters. The van der Waals surface area contributed by atoms with Gasteiger partial charge in [0, 0.05) is 6.42 Å². The van der Waals surface area contributed by atoms with Crippen LogP contribution in [0.4, 0.5) is 0 Å². The summed E-state index contributed by atoms with van der Waals surface area (Å²) in [7, 11) is 0. The molecule has 0 aliphatic carbocycles. The molecule has 2 rings (SSSR count).